The third-order valence-corrected chi connectivity index (χ3v) is 5.40. The van der Waals surface area contributed by atoms with Crippen molar-refractivity contribution in [1.29, 1.82) is 0 Å². The number of nitrogens with two attached hydrogens (primary N) is 1. The minimum atomic E-state index is 0.235. The Morgan fingerprint density at radius 1 is 1.14 bits per heavy atom. The standard InChI is InChI=1S/C17H21N3S/c1-12-9-10-19-17(20-12)21-16-11-14(7-8-15(16)18)13-5-3-2-4-6-13/h2-6,9-10,14-16H,7-8,11,18H2,1H3. The molecule has 1 aliphatic rings. The van der Waals surface area contributed by atoms with E-state index in [4.69, 9.17) is 5.73 Å². The van der Waals surface area contributed by atoms with Crippen LogP contribution in [0.2, 0.25) is 0 Å². The van der Waals surface area contributed by atoms with Crippen LogP contribution in [0.4, 0.5) is 0 Å². The van der Waals surface area contributed by atoms with E-state index in [2.05, 4.69) is 40.3 Å². The van der Waals surface area contributed by atoms with Crippen LogP contribution in [0.25, 0.3) is 0 Å². The first-order valence-corrected chi connectivity index (χ1v) is 8.37. The molecule has 0 aliphatic heterocycles. The molecule has 1 heterocycles. The summed E-state index contributed by atoms with van der Waals surface area (Å²) in [6.07, 6.45) is 5.18. The highest BCUT2D eigenvalue weighted by Gasteiger charge is 2.30. The summed E-state index contributed by atoms with van der Waals surface area (Å²) in [7, 11) is 0. The van der Waals surface area contributed by atoms with E-state index in [1.807, 2.05) is 19.2 Å². The Hall–Kier alpha value is -1.39. The number of thioether (sulfide) groups is 1. The van der Waals surface area contributed by atoms with Crippen LogP contribution >= 0.6 is 11.8 Å². The molecular weight excluding hydrogens is 278 g/mol. The Bertz CT molecular complexity index is 588. The van der Waals surface area contributed by atoms with Gasteiger partial charge >= 0.3 is 0 Å². The van der Waals surface area contributed by atoms with E-state index in [1.54, 1.807) is 11.8 Å². The van der Waals surface area contributed by atoms with Crippen molar-refractivity contribution in [1.82, 2.24) is 9.97 Å². The molecule has 21 heavy (non-hydrogen) atoms. The maximum Gasteiger partial charge on any atom is 0.188 e. The molecule has 110 valence electrons. The minimum Gasteiger partial charge on any atom is -0.327 e. The highest BCUT2D eigenvalue weighted by atomic mass is 32.2. The van der Waals surface area contributed by atoms with Crippen LogP contribution in [0.5, 0.6) is 0 Å². The number of aromatic nitrogens is 2. The molecule has 1 aromatic heterocycles. The van der Waals surface area contributed by atoms with E-state index < -0.39 is 0 Å². The smallest absolute Gasteiger partial charge is 0.188 e. The van der Waals surface area contributed by atoms with Gasteiger partial charge in [0.15, 0.2) is 5.16 Å². The molecule has 1 fully saturated rings. The number of hydrogen-bond acceptors (Lipinski definition) is 4. The minimum absolute atomic E-state index is 0.235. The molecule has 0 spiro atoms. The van der Waals surface area contributed by atoms with Crippen molar-refractivity contribution in [3.8, 4) is 0 Å². The normalized spacial score (nSPS) is 25.7. The Morgan fingerprint density at radius 2 is 1.95 bits per heavy atom. The van der Waals surface area contributed by atoms with Crippen LogP contribution in [0.1, 0.15) is 36.4 Å². The lowest BCUT2D eigenvalue weighted by Gasteiger charge is -2.33. The van der Waals surface area contributed by atoms with Gasteiger partial charge in [-0.05, 0) is 43.7 Å². The fraction of sp³-hybridized carbons (Fsp3) is 0.412. The van der Waals surface area contributed by atoms with Crippen LogP contribution in [0.15, 0.2) is 47.8 Å². The molecule has 1 aliphatic carbocycles. The van der Waals surface area contributed by atoms with Gasteiger partial charge in [0.2, 0.25) is 0 Å². The van der Waals surface area contributed by atoms with Crippen LogP contribution in [0, 0.1) is 6.92 Å². The average molecular weight is 299 g/mol. The van der Waals surface area contributed by atoms with Gasteiger partial charge < -0.3 is 5.73 Å². The van der Waals surface area contributed by atoms with E-state index in [0.717, 1.165) is 23.7 Å². The Balaban J connectivity index is 1.72. The maximum atomic E-state index is 6.33. The number of nitrogens with zero attached hydrogens (tertiary/aromatic N) is 2. The average Bonchev–Trinajstić information content (AvgIpc) is 2.50. The first kappa shape index (κ1) is 14.5. The predicted octanol–water partition coefficient (Wildman–Crippen LogP) is 3.54. The summed E-state index contributed by atoms with van der Waals surface area (Å²) in [6.45, 7) is 2.00. The number of benzene rings is 1. The van der Waals surface area contributed by atoms with Gasteiger partial charge in [-0.25, -0.2) is 9.97 Å². The second kappa shape index (κ2) is 6.58. The van der Waals surface area contributed by atoms with E-state index >= 15 is 0 Å². The van der Waals surface area contributed by atoms with Crippen molar-refractivity contribution in [3.63, 3.8) is 0 Å². The van der Waals surface area contributed by atoms with Gasteiger partial charge in [-0.1, -0.05) is 42.1 Å². The summed E-state index contributed by atoms with van der Waals surface area (Å²) >= 11 is 1.74. The summed E-state index contributed by atoms with van der Waals surface area (Å²) in [6, 6.07) is 12.9. The zero-order valence-corrected chi connectivity index (χ0v) is 13.1. The van der Waals surface area contributed by atoms with Crippen molar-refractivity contribution >= 4 is 11.8 Å². The lowest BCUT2D eigenvalue weighted by molar-refractivity contribution is 0.406. The highest BCUT2D eigenvalue weighted by molar-refractivity contribution is 7.99. The summed E-state index contributed by atoms with van der Waals surface area (Å²) in [5, 5.41) is 1.25. The van der Waals surface area contributed by atoms with Gasteiger partial charge in [0.1, 0.15) is 0 Å². The third kappa shape index (κ3) is 3.63. The summed E-state index contributed by atoms with van der Waals surface area (Å²) < 4.78 is 0. The van der Waals surface area contributed by atoms with Gasteiger partial charge in [0.25, 0.3) is 0 Å². The van der Waals surface area contributed by atoms with E-state index in [1.165, 1.54) is 12.0 Å². The van der Waals surface area contributed by atoms with Gasteiger partial charge in [-0.2, -0.15) is 0 Å². The predicted molar refractivity (Wildman–Crippen MR) is 87.4 cm³/mol. The third-order valence-electron chi connectivity index (χ3n) is 4.14. The topological polar surface area (TPSA) is 51.8 Å². The number of aryl methyl sites for hydroxylation is 1. The van der Waals surface area contributed by atoms with Crippen LogP contribution in [-0.4, -0.2) is 21.3 Å². The lowest BCUT2D eigenvalue weighted by atomic mass is 9.82. The summed E-state index contributed by atoms with van der Waals surface area (Å²) in [5.41, 5.74) is 8.77. The molecule has 3 atom stereocenters. The highest BCUT2D eigenvalue weighted by Crippen LogP contribution is 2.39. The monoisotopic (exact) mass is 299 g/mol. The SMILES string of the molecule is Cc1ccnc(SC2CC(c3ccccc3)CCC2N)n1. The van der Waals surface area contributed by atoms with Crippen molar-refractivity contribution < 1.29 is 0 Å². The molecule has 4 heteroatoms. The fourth-order valence-electron chi connectivity index (χ4n) is 2.93. The van der Waals surface area contributed by atoms with E-state index in [9.17, 15) is 0 Å². The van der Waals surface area contributed by atoms with Crippen molar-refractivity contribution in [2.24, 2.45) is 5.73 Å². The van der Waals surface area contributed by atoms with Gasteiger partial charge in [-0.3, -0.25) is 0 Å². The summed E-state index contributed by atoms with van der Waals surface area (Å²) in [4.78, 5) is 8.86. The fourth-order valence-corrected chi connectivity index (χ4v) is 4.16. The zero-order valence-electron chi connectivity index (χ0n) is 12.3. The summed E-state index contributed by atoms with van der Waals surface area (Å²) in [5.74, 6) is 0.605. The van der Waals surface area contributed by atoms with Crippen molar-refractivity contribution in [2.45, 2.75) is 48.6 Å². The molecule has 3 unspecified atom stereocenters. The molecule has 0 saturated heterocycles. The first-order chi connectivity index (χ1) is 10.2. The van der Waals surface area contributed by atoms with Gasteiger partial charge in [0, 0.05) is 23.2 Å². The van der Waals surface area contributed by atoms with Gasteiger partial charge in [-0.15, -0.1) is 0 Å². The Labute approximate surface area is 130 Å². The molecule has 3 rings (SSSR count). The Kier molecular flexibility index (Phi) is 4.56. The molecule has 3 nitrogen and oxygen atoms in total. The molecule has 1 aromatic carbocycles. The number of hydrogen-bond donors (Lipinski definition) is 1. The van der Waals surface area contributed by atoms with Crippen molar-refractivity contribution in [3.05, 3.63) is 53.9 Å². The second-order valence-electron chi connectivity index (χ2n) is 5.72. The molecule has 0 bridgehead atoms. The van der Waals surface area contributed by atoms with Crippen LogP contribution in [-0.2, 0) is 0 Å². The molecule has 0 amide bonds. The Morgan fingerprint density at radius 3 is 2.71 bits per heavy atom. The largest absolute Gasteiger partial charge is 0.327 e. The van der Waals surface area contributed by atoms with Crippen LogP contribution in [0.3, 0.4) is 0 Å². The maximum absolute atomic E-state index is 6.33. The molecule has 0 radical (unpaired) electrons. The lowest BCUT2D eigenvalue weighted by Crippen LogP contribution is -2.37. The first-order valence-electron chi connectivity index (χ1n) is 7.49. The second-order valence-corrected chi connectivity index (χ2v) is 6.93. The zero-order chi connectivity index (χ0) is 14.7. The van der Waals surface area contributed by atoms with Gasteiger partial charge in [0.05, 0.1) is 0 Å². The molecule has 2 N–H and O–H groups in total. The molecule has 2 aromatic rings. The van der Waals surface area contributed by atoms with E-state index in [0.29, 0.717) is 11.2 Å². The van der Waals surface area contributed by atoms with Crippen LogP contribution < -0.4 is 5.73 Å². The number of rotatable bonds is 3. The van der Waals surface area contributed by atoms with Crippen molar-refractivity contribution in [2.75, 3.05) is 0 Å². The molecule has 1 saturated carbocycles. The molecular formula is C17H21N3S. The van der Waals surface area contributed by atoms with E-state index in [-0.39, 0.29) is 6.04 Å². The quantitative estimate of drug-likeness (QED) is 0.881.